The summed E-state index contributed by atoms with van der Waals surface area (Å²) in [7, 11) is 1.71. The second-order valence-electron chi connectivity index (χ2n) is 9.38. The van der Waals surface area contributed by atoms with Gasteiger partial charge < -0.3 is 19.7 Å². The first kappa shape index (κ1) is 43.1. The molecule has 3 aromatic rings. The fraction of sp³-hybridized carbons (Fsp3) is 0.417. The summed E-state index contributed by atoms with van der Waals surface area (Å²) < 4.78 is 44.8. The number of alkyl halides is 3. The third-order valence-corrected chi connectivity index (χ3v) is 5.93. The summed E-state index contributed by atoms with van der Waals surface area (Å²) in [5.74, 6) is 1.26. The molecule has 0 bridgehead atoms. The molecule has 0 spiro atoms. The van der Waals surface area contributed by atoms with Gasteiger partial charge in [0.15, 0.2) is 0 Å². The molecule has 0 saturated heterocycles. The summed E-state index contributed by atoms with van der Waals surface area (Å²) in [6.45, 7) is 27.5. The van der Waals surface area contributed by atoms with Gasteiger partial charge in [-0.05, 0) is 64.0 Å². The number of nitrogens with one attached hydrogen (secondary N) is 1. The van der Waals surface area contributed by atoms with Gasteiger partial charge in [-0.1, -0.05) is 70.5 Å². The minimum Gasteiger partial charge on any atom is -0.444 e. The number of hydrogen-bond donors (Lipinski definition) is 1. The van der Waals surface area contributed by atoms with E-state index in [2.05, 4.69) is 53.8 Å². The Labute approximate surface area is 269 Å². The van der Waals surface area contributed by atoms with Crippen molar-refractivity contribution in [2.45, 2.75) is 67.0 Å². The van der Waals surface area contributed by atoms with E-state index in [-0.39, 0.29) is 5.52 Å². The standard InChI is InChI=1S/C19H26F3N3.C12H15NO.C2H6.C2H4.CH2O/c1-3-5-13-25(12-4-2)14-11-23-17-9-10-24-18-15(17)7-6-8-16(18)19(20,21)22;1-9(2)14-12(13-4)11-7-5-6-10(3)8-11;3*1-2/h6-10H,3-5,11-14H2,1-2H3,(H,23,24);5-8H,1H2,2-4H3;1-2H3;1-2H2;1H2. The van der Waals surface area contributed by atoms with Crippen LogP contribution in [-0.4, -0.2) is 55.8 Å². The Morgan fingerprint density at radius 3 is 2.18 bits per heavy atom. The average Bonchev–Trinajstić information content (AvgIpc) is 3.05. The fourth-order valence-electron chi connectivity index (χ4n) is 4.12. The number of aliphatic imine (C=N–C) groups is 1. The number of unbranched alkanes of at least 4 members (excludes halogenated alkanes) is 1. The number of anilines is 1. The van der Waals surface area contributed by atoms with Crippen LogP contribution in [-0.2, 0) is 15.7 Å². The van der Waals surface area contributed by atoms with Gasteiger partial charge in [-0.15, -0.1) is 13.2 Å². The van der Waals surface area contributed by atoms with Gasteiger partial charge in [0.05, 0.1) is 16.8 Å². The highest BCUT2D eigenvalue weighted by Gasteiger charge is 2.33. The number of ether oxygens (including phenoxy) is 1. The van der Waals surface area contributed by atoms with Crippen molar-refractivity contribution >= 4 is 29.3 Å². The Balaban J connectivity index is 0. The minimum absolute atomic E-state index is 0.00334. The van der Waals surface area contributed by atoms with Crippen LogP contribution in [0.15, 0.2) is 85.2 Å². The van der Waals surface area contributed by atoms with Crippen molar-refractivity contribution in [1.82, 2.24) is 9.88 Å². The summed E-state index contributed by atoms with van der Waals surface area (Å²) in [6.07, 6.45) is 0.441. The van der Waals surface area contributed by atoms with Crippen molar-refractivity contribution in [2.24, 2.45) is 4.99 Å². The maximum atomic E-state index is 13.1. The van der Waals surface area contributed by atoms with E-state index in [0.29, 0.717) is 29.3 Å². The quantitative estimate of drug-likeness (QED) is 0.0989. The number of pyridine rings is 1. The van der Waals surface area contributed by atoms with Crippen LogP contribution in [0.4, 0.5) is 18.9 Å². The van der Waals surface area contributed by atoms with Crippen molar-refractivity contribution in [3.63, 3.8) is 0 Å². The van der Waals surface area contributed by atoms with Gasteiger partial charge >= 0.3 is 6.18 Å². The number of benzene rings is 2. The van der Waals surface area contributed by atoms with Crippen LogP contribution >= 0.6 is 0 Å². The highest BCUT2D eigenvalue weighted by atomic mass is 19.4. The number of rotatable bonds is 11. The summed E-state index contributed by atoms with van der Waals surface area (Å²) in [5, 5.41) is 3.79. The lowest BCUT2D eigenvalue weighted by atomic mass is 10.1. The molecule has 0 unspecified atom stereocenters. The monoisotopic (exact) mass is 630 g/mol. The molecule has 0 aliphatic rings. The molecule has 0 aliphatic heterocycles. The predicted octanol–water partition coefficient (Wildman–Crippen LogP) is 9.74. The van der Waals surface area contributed by atoms with E-state index in [1.165, 1.54) is 17.8 Å². The van der Waals surface area contributed by atoms with Gasteiger partial charge in [0.25, 0.3) is 0 Å². The van der Waals surface area contributed by atoms with Gasteiger partial charge in [-0.3, -0.25) is 9.98 Å². The molecule has 1 aromatic heterocycles. The van der Waals surface area contributed by atoms with Crippen molar-refractivity contribution in [3.8, 4) is 0 Å². The van der Waals surface area contributed by atoms with E-state index >= 15 is 0 Å². The zero-order valence-electron chi connectivity index (χ0n) is 28.3. The number of hydrogen-bond acceptors (Lipinski definition) is 6. The Bertz CT molecular complexity index is 1260. The van der Waals surface area contributed by atoms with Crippen LogP contribution in [0.3, 0.4) is 0 Å². The van der Waals surface area contributed by atoms with Crippen LogP contribution in [0.25, 0.3) is 10.9 Å². The first-order chi connectivity index (χ1) is 21.6. The van der Waals surface area contributed by atoms with Gasteiger partial charge in [0, 0.05) is 43.0 Å². The molecular formula is C36H53F3N4O2. The lowest BCUT2D eigenvalue weighted by Crippen LogP contribution is -2.30. The Morgan fingerprint density at radius 2 is 1.64 bits per heavy atom. The maximum Gasteiger partial charge on any atom is 0.418 e. The van der Waals surface area contributed by atoms with Gasteiger partial charge in [0.2, 0.25) is 5.90 Å². The molecule has 0 aliphatic carbocycles. The third kappa shape index (κ3) is 16.6. The molecule has 0 atom stereocenters. The summed E-state index contributed by atoms with van der Waals surface area (Å²) in [6, 6.07) is 14.0. The highest BCUT2D eigenvalue weighted by molar-refractivity contribution is 5.95. The summed E-state index contributed by atoms with van der Waals surface area (Å²) in [5.41, 5.74) is 2.17. The lowest BCUT2D eigenvalue weighted by Gasteiger charge is -2.22. The second kappa shape index (κ2) is 25.4. The smallest absolute Gasteiger partial charge is 0.418 e. The molecule has 1 N–H and O–H groups in total. The average molecular weight is 631 g/mol. The minimum atomic E-state index is -4.40. The molecule has 45 heavy (non-hydrogen) atoms. The van der Waals surface area contributed by atoms with E-state index < -0.39 is 11.7 Å². The maximum absolute atomic E-state index is 13.1. The summed E-state index contributed by atoms with van der Waals surface area (Å²) >= 11 is 0. The lowest BCUT2D eigenvalue weighted by molar-refractivity contribution is -0.136. The zero-order valence-corrected chi connectivity index (χ0v) is 28.3. The number of aryl methyl sites for hydroxylation is 1. The molecular weight excluding hydrogens is 577 g/mol. The predicted molar refractivity (Wildman–Crippen MR) is 186 cm³/mol. The molecule has 6 nitrogen and oxygen atoms in total. The van der Waals surface area contributed by atoms with E-state index in [0.717, 1.165) is 50.5 Å². The molecule has 1 heterocycles. The normalized spacial score (nSPS) is 10.5. The number of aromatic nitrogens is 1. The van der Waals surface area contributed by atoms with Gasteiger partial charge in [-0.2, -0.15) is 13.2 Å². The SMILES string of the molecule is C=C.C=C(C)OC(=NC)c1cccc(C)c1.C=O.CC.CCCCN(CCC)CCNc1ccnc2c(C(F)(F)F)cccc12. The number of allylic oxidation sites excluding steroid dienone is 1. The van der Waals surface area contributed by atoms with Gasteiger partial charge in [0.1, 0.15) is 6.79 Å². The van der Waals surface area contributed by atoms with Crippen molar-refractivity contribution in [2.75, 3.05) is 38.5 Å². The Morgan fingerprint density at radius 1 is 1.00 bits per heavy atom. The van der Waals surface area contributed by atoms with Crippen molar-refractivity contribution in [3.05, 3.63) is 96.9 Å². The van der Waals surface area contributed by atoms with E-state index in [9.17, 15) is 13.2 Å². The second-order valence-corrected chi connectivity index (χ2v) is 9.38. The van der Waals surface area contributed by atoms with Crippen molar-refractivity contribution < 1.29 is 22.7 Å². The van der Waals surface area contributed by atoms with Crippen LogP contribution in [0, 0.1) is 6.92 Å². The van der Waals surface area contributed by atoms with Crippen LogP contribution < -0.4 is 5.32 Å². The van der Waals surface area contributed by atoms with Crippen molar-refractivity contribution in [1.29, 1.82) is 0 Å². The molecule has 0 fully saturated rings. The number of para-hydroxylation sites is 1. The third-order valence-electron chi connectivity index (χ3n) is 5.93. The largest absolute Gasteiger partial charge is 0.444 e. The molecule has 0 saturated carbocycles. The summed E-state index contributed by atoms with van der Waals surface area (Å²) in [4.78, 5) is 18.4. The van der Waals surface area contributed by atoms with Crippen LogP contribution in [0.5, 0.6) is 0 Å². The van der Waals surface area contributed by atoms with E-state index in [1.54, 1.807) is 26.1 Å². The number of carbonyl (C=O) groups excluding carboxylic acids is 1. The Hall–Kier alpha value is -3.98. The first-order valence-electron chi connectivity index (χ1n) is 15.2. The molecule has 2 aromatic carbocycles. The number of carbonyl (C=O) groups is 1. The number of halogens is 3. The number of fused-ring (bicyclic) bond motifs is 1. The molecule has 0 amide bonds. The zero-order chi connectivity index (χ0) is 34.8. The highest BCUT2D eigenvalue weighted by Crippen LogP contribution is 2.35. The van der Waals surface area contributed by atoms with Crippen LogP contribution in [0.2, 0.25) is 0 Å². The first-order valence-corrected chi connectivity index (χ1v) is 15.2. The fourth-order valence-corrected chi connectivity index (χ4v) is 4.12. The van der Waals surface area contributed by atoms with Crippen LogP contribution in [0.1, 0.15) is 70.6 Å². The van der Waals surface area contributed by atoms with E-state index in [4.69, 9.17) is 9.53 Å². The molecule has 9 heteroatoms. The topological polar surface area (TPSA) is 66.8 Å². The Kier molecular flexibility index (Phi) is 24.3. The van der Waals surface area contributed by atoms with Gasteiger partial charge in [-0.25, -0.2) is 0 Å². The molecule has 3 rings (SSSR count). The van der Waals surface area contributed by atoms with E-state index in [1.807, 2.05) is 51.8 Å². The molecule has 250 valence electrons. The molecule has 0 radical (unpaired) electrons. The number of nitrogens with zero attached hydrogens (tertiary/aromatic N) is 3.